The molecular formula is C11H11BrINO. The van der Waals surface area contributed by atoms with Crippen molar-refractivity contribution in [2.45, 2.75) is 25.3 Å². The number of rotatable bonds is 2. The van der Waals surface area contributed by atoms with E-state index in [0.29, 0.717) is 0 Å². The quantitative estimate of drug-likeness (QED) is 0.784. The van der Waals surface area contributed by atoms with Crippen molar-refractivity contribution in [1.29, 1.82) is 0 Å². The maximum atomic E-state index is 11.9. The van der Waals surface area contributed by atoms with Crippen LogP contribution in [-0.4, -0.2) is 11.4 Å². The maximum absolute atomic E-state index is 11.9. The highest BCUT2D eigenvalue weighted by Crippen LogP contribution is 2.34. The molecule has 4 heteroatoms. The fourth-order valence-electron chi connectivity index (χ4n) is 1.33. The van der Waals surface area contributed by atoms with Gasteiger partial charge in [-0.05, 0) is 60.6 Å². The van der Waals surface area contributed by atoms with E-state index in [2.05, 4.69) is 50.8 Å². The smallest absolute Gasteiger partial charge is 0.252 e. The summed E-state index contributed by atoms with van der Waals surface area (Å²) in [5.41, 5.74) is 0.792. The summed E-state index contributed by atoms with van der Waals surface area (Å²) in [6.07, 6.45) is 2.17. The third-order valence-corrected chi connectivity index (χ3v) is 4.02. The van der Waals surface area contributed by atoms with Gasteiger partial charge < -0.3 is 5.32 Å². The molecule has 2 nitrogen and oxygen atoms in total. The van der Waals surface area contributed by atoms with E-state index in [9.17, 15) is 4.79 Å². The molecule has 1 aromatic rings. The molecule has 0 radical (unpaired) electrons. The third-order valence-electron chi connectivity index (χ3n) is 2.59. The molecule has 1 aromatic carbocycles. The second-order valence-electron chi connectivity index (χ2n) is 4.14. The number of benzene rings is 1. The first-order valence-corrected chi connectivity index (χ1v) is 6.65. The van der Waals surface area contributed by atoms with Crippen LogP contribution in [0.5, 0.6) is 0 Å². The van der Waals surface area contributed by atoms with Crippen molar-refractivity contribution in [2.75, 3.05) is 0 Å². The summed E-state index contributed by atoms with van der Waals surface area (Å²) < 4.78 is 1.92. The van der Waals surface area contributed by atoms with Crippen molar-refractivity contribution in [3.8, 4) is 0 Å². The Balaban J connectivity index is 2.21. The molecule has 15 heavy (non-hydrogen) atoms. The van der Waals surface area contributed by atoms with Crippen molar-refractivity contribution in [3.05, 3.63) is 31.8 Å². The predicted octanol–water partition coefficient (Wildman–Crippen LogP) is 3.34. The Labute approximate surface area is 111 Å². The van der Waals surface area contributed by atoms with Gasteiger partial charge in [-0.3, -0.25) is 4.79 Å². The maximum Gasteiger partial charge on any atom is 0.252 e. The zero-order valence-electron chi connectivity index (χ0n) is 8.31. The van der Waals surface area contributed by atoms with Gasteiger partial charge in [0.2, 0.25) is 0 Å². The lowest BCUT2D eigenvalue weighted by Crippen LogP contribution is -2.34. The van der Waals surface area contributed by atoms with Crippen LogP contribution in [0.1, 0.15) is 30.1 Å². The fraction of sp³-hybridized carbons (Fsp3) is 0.364. The van der Waals surface area contributed by atoms with E-state index in [0.717, 1.165) is 26.4 Å². The first kappa shape index (κ1) is 11.4. The molecule has 0 spiro atoms. The van der Waals surface area contributed by atoms with Gasteiger partial charge in [-0.2, -0.15) is 0 Å². The molecular weight excluding hydrogens is 369 g/mol. The minimum absolute atomic E-state index is 0.0284. The molecule has 0 aliphatic heterocycles. The Bertz CT molecular complexity index is 415. The summed E-state index contributed by atoms with van der Waals surface area (Å²) in [7, 11) is 0. The van der Waals surface area contributed by atoms with Crippen molar-refractivity contribution >= 4 is 44.4 Å². The Kier molecular flexibility index (Phi) is 3.07. The Morgan fingerprint density at radius 3 is 2.80 bits per heavy atom. The number of nitrogens with one attached hydrogen (secondary N) is 1. The number of amides is 1. The van der Waals surface area contributed by atoms with Gasteiger partial charge in [-0.15, -0.1) is 0 Å². The number of carbonyl (C=O) groups excluding carboxylic acids is 1. The second-order valence-corrected chi connectivity index (χ2v) is 6.22. The average Bonchev–Trinajstić information content (AvgIpc) is 2.87. The van der Waals surface area contributed by atoms with Crippen LogP contribution in [0.4, 0.5) is 0 Å². The van der Waals surface area contributed by atoms with Gasteiger partial charge >= 0.3 is 0 Å². The fourth-order valence-corrected chi connectivity index (χ4v) is 2.27. The zero-order chi connectivity index (χ0) is 11.1. The molecule has 2 rings (SSSR count). The van der Waals surface area contributed by atoms with Crippen LogP contribution in [0, 0.1) is 3.57 Å². The van der Waals surface area contributed by atoms with Crippen molar-refractivity contribution in [3.63, 3.8) is 0 Å². The highest BCUT2D eigenvalue weighted by molar-refractivity contribution is 14.1. The number of hydrogen-bond donors (Lipinski definition) is 1. The molecule has 0 aromatic heterocycles. The van der Waals surface area contributed by atoms with E-state index in [4.69, 9.17) is 0 Å². The highest BCUT2D eigenvalue weighted by Gasteiger charge is 2.39. The largest absolute Gasteiger partial charge is 0.347 e. The third kappa shape index (κ3) is 2.72. The lowest BCUT2D eigenvalue weighted by Gasteiger charge is -2.12. The summed E-state index contributed by atoms with van der Waals surface area (Å²) in [4.78, 5) is 11.9. The van der Waals surface area contributed by atoms with Crippen LogP contribution in [0.25, 0.3) is 0 Å². The molecule has 0 bridgehead atoms. The zero-order valence-corrected chi connectivity index (χ0v) is 12.1. The van der Waals surface area contributed by atoms with E-state index in [1.165, 1.54) is 0 Å². The molecule has 0 unspecified atom stereocenters. The van der Waals surface area contributed by atoms with Crippen LogP contribution in [0.2, 0.25) is 0 Å². The number of halogens is 2. The van der Waals surface area contributed by atoms with Gasteiger partial charge in [0.15, 0.2) is 0 Å². The number of hydrogen-bond acceptors (Lipinski definition) is 1. The lowest BCUT2D eigenvalue weighted by atomic mass is 10.2. The van der Waals surface area contributed by atoms with E-state index in [1.807, 2.05) is 18.2 Å². The molecule has 1 saturated carbocycles. The van der Waals surface area contributed by atoms with Crippen molar-refractivity contribution < 1.29 is 4.79 Å². The first-order chi connectivity index (χ1) is 7.00. The highest BCUT2D eigenvalue weighted by atomic mass is 127. The molecule has 1 N–H and O–H groups in total. The first-order valence-electron chi connectivity index (χ1n) is 4.78. The van der Waals surface area contributed by atoms with E-state index in [-0.39, 0.29) is 11.4 Å². The van der Waals surface area contributed by atoms with Crippen molar-refractivity contribution in [1.82, 2.24) is 5.32 Å². The van der Waals surface area contributed by atoms with Gasteiger partial charge in [-0.25, -0.2) is 0 Å². The van der Waals surface area contributed by atoms with Gasteiger partial charge in [-0.1, -0.05) is 15.9 Å². The van der Waals surface area contributed by atoms with Crippen LogP contribution in [0.15, 0.2) is 22.7 Å². The van der Waals surface area contributed by atoms with E-state index >= 15 is 0 Å². The van der Waals surface area contributed by atoms with Gasteiger partial charge in [0, 0.05) is 13.6 Å². The molecule has 0 heterocycles. The molecule has 1 aliphatic rings. The summed E-state index contributed by atoms with van der Waals surface area (Å²) in [6, 6.07) is 5.75. The molecule has 0 saturated heterocycles. The normalized spacial score (nSPS) is 17.3. The van der Waals surface area contributed by atoms with Gasteiger partial charge in [0.25, 0.3) is 5.91 Å². The van der Waals surface area contributed by atoms with Crippen molar-refractivity contribution in [2.24, 2.45) is 0 Å². The van der Waals surface area contributed by atoms with Gasteiger partial charge in [0.05, 0.1) is 5.56 Å². The van der Waals surface area contributed by atoms with E-state index < -0.39 is 0 Å². The molecule has 1 aliphatic carbocycles. The monoisotopic (exact) mass is 379 g/mol. The topological polar surface area (TPSA) is 29.1 Å². The predicted molar refractivity (Wildman–Crippen MR) is 72.0 cm³/mol. The lowest BCUT2D eigenvalue weighted by molar-refractivity contribution is 0.0934. The Morgan fingerprint density at radius 2 is 2.20 bits per heavy atom. The molecule has 0 atom stereocenters. The minimum Gasteiger partial charge on any atom is -0.347 e. The Hall–Kier alpha value is -0.100. The summed E-state index contributed by atoms with van der Waals surface area (Å²) >= 11 is 5.56. The summed E-state index contributed by atoms with van der Waals surface area (Å²) in [5, 5.41) is 3.05. The van der Waals surface area contributed by atoms with Crippen LogP contribution in [0.3, 0.4) is 0 Å². The van der Waals surface area contributed by atoms with E-state index in [1.54, 1.807) is 0 Å². The van der Waals surface area contributed by atoms with Crippen LogP contribution >= 0.6 is 38.5 Å². The standard InChI is InChI=1S/C11H11BrINO/c1-11(4-5-11)14-10(15)8-6-7(12)2-3-9(8)13/h2-3,6H,4-5H2,1H3,(H,14,15). The summed E-state index contributed by atoms with van der Waals surface area (Å²) in [6.45, 7) is 2.08. The number of carbonyl (C=O) groups is 1. The van der Waals surface area contributed by atoms with Crippen LogP contribution < -0.4 is 5.32 Å². The SMILES string of the molecule is CC1(NC(=O)c2cc(Br)ccc2I)CC1. The second kappa shape index (κ2) is 4.05. The average molecular weight is 380 g/mol. The molecule has 1 amide bonds. The molecule has 1 fully saturated rings. The summed E-state index contributed by atoms with van der Waals surface area (Å²) in [5.74, 6) is 0.0284. The minimum atomic E-state index is 0.0284. The van der Waals surface area contributed by atoms with Gasteiger partial charge in [0.1, 0.15) is 0 Å². The van der Waals surface area contributed by atoms with Crippen LogP contribution in [-0.2, 0) is 0 Å². The molecule has 80 valence electrons. The Morgan fingerprint density at radius 1 is 1.53 bits per heavy atom.